The molecule has 126 valence electrons. The number of halogens is 3. The number of nitrogens with zero attached hydrogens (tertiary/aromatic N) is 1. The van der Waals surface area contributed by atoms with Crippen LogP contribution in [0.25, 0.3) is 0 Å². The number of carbonyl (C=O) groups excluding carboxylic acids is 2. The fourth-order valence-corrected chi connectivity index (χ4v) is 1.95. The van der Waals surface area contributed by atoms with E-state index in [1.165, 1.54) is 7.05 Å². The lowest BCUT2D eigenvalue weighted by Gasteiger charge is -2.22. The van der Waals surface area contributed by atoms with E-state index in [1.54, 1.807) is 18.2 Å². The van der Waals surface area contributed by atoms with Crippen LogP contribution in [0.15, 0.2) is 18.2 Å². The first kappa shape index (κ1) is 16.9. The van der Waals surface area contributed by atoms with E-state index in [9.17, 15) is 22.8 Å². The second kappa shape index (κ2) is 6.35. The quantitative estimate of drug-likeness (QED) is 0.847. The second-order valence-corrected chi connectivity index (χ2v) is 4.96. The minimum Gasteiger partial charge on any atom is -0.454 e. The lowest BCUT2D eigenvalue weighted by molar-refractivity contribution is -0.204. The number of fused-ring (bicyclic) bond motifs is 1. The first-order valence-electron chi connectivity index (χ1n) is 6.56. The molecule has 0 aromatic heterocycles. The van der Waals surface area contributed by atoms with Crippen molar-refractivity contribution in [3.05, 3.63) is 23.8 Å². The summed E-state index contributed by atoms with van der Waals surface area (Å²) in [6, 6.07) is 4.88. The summed E-state index contributed by atoms with van der Waals surface area (Å²) in [4.78, 5) is 23.7. The molecule has 9 heteroatoms. The van der Waals surface area contributed by atoms with Gasteiger partial charge < -0.3 is 19.1 Å². The molecular weight excluding hydrogens is 319 g/mol. The Bertz CT molecular complexity index is 617. The number of amides is 1. The van der Waals surface area contributed by atoms with Crippen molar-refractivity contribution in [1.82, 2.24) is 4.90 Å². The molecule has 1 amide bonds. The third kappa shape index (κ3) is 4.05. The molecular formula is C14H14F3NO5. The monoisotopic (exact) mass is 333 g/mol. The number of rotatable bonds is 4. The summed E-state index contributed by atoms with van der Waals surface area (Å²) in [6.07, 6.45) is -8.96. The molecule has 0 fully saturated rings. The van der Waals surface area contributed by atoms with Gasteiger partial charge in [-0.15, -0.1) is 0 Å². The summed E-state index contributed by atoms with van der Waals surface area (Å²) in [5, 5.41) is 0. The number of benzene rings is 1. The lowest BCUT2D eigenvalue weighted by Crippen LogP contribution is -2.42. The number of ketones is 1. The molecule has 1 aromatic rings. The molecule has 0 aliphatic carbocycles. The van der Waals surface area contributed by atoms with Crippen LogP contribution in [0, 0.1) is 0 Å². The van der Waals surface area contributed by atoms with Crippen molar-refractivity contribution in [3.63, 3.8) is 0 Å². The predicted octanol–water partition coefficient (Wildman–Crippen LogP) is 2.50. The Labute approximate surface area is 129 Å². The molecule has 0 bridgehead atoms. The third-order valence-electron chi connectivity index (χ3n) is 3.05. The number of hydrogen-bond acceptors (Lipinski definition) is 5. The Morgan fingerprint density at radius 3 is 2.57 bits per heavy atom. The van der Waals surface area contributed by atoms with E-state index < -0.39 is 24.2 Å². The van der Waals surface area contributed by atoms with E-state index in [-0.39, 0.29) is 13.3 Å². The van der Waals surface area contributed by atoms with Gasteiger partial charge in [-0.2, -0.15) is 13.2 Å². The molecule has 0 saturated heterocycles. The third-order valence-corrected chi connectivity index (χ3v) is 3.05. The van der Waals surface area contributed by atoms with Crippen molar-refractivity contribution < 1.29 is 37.0 Å². The van der Waals surface area contributed by atoms with Gasteiger partial charge in [0, 0.05) is 13.6 Å². The van der Waals surface area contributed by atoms with Crippen LogP contribution in [-0.2, 0) is 16.1 Å². The molecule has 2 rings (SSSR count). The summed E-state index contributed by atoms with van der Waals surface area (Å²) in [5.74, 6) is -0.254. The van der Waals surface area contributed by atoms with E-state index in [1.807, 2.05) is 0 Å². The highest BCUT2D eigenvalue weighted by Gasteiger charge is 2.46. The highest BCUT2D eigenvalue weighted by Crippen LogP contribution is 2.32. The molecule has 0 radical (unpaired) electrons. The van der Waals surface area contributed by atoms with Crippen LogP contribution < -0.4 is 9.47 Å². The minimum absolute atomic E-state index is 0.0159. The number of alkyl halides is 3. The van der Waals surface area contributed by atoms with Crippen LogP contribution in [0.3, 0.4) is 0 Å². The number of hydrogen-bond donors (Lipinski definition) is 0. The number of Topliss-reactive ketones (excluding diaryl/α,β-unsaturated/α-hetero) is 1. The number of ether oxygens (including phenoxy) is 3. The molecule has 1 aliphatic rings. The SMILES string of the molecule is CC(=O)C(OC(=O)N(C)Cc1ccc2c(c1)OCO2)C(F)(F)F. The molecule has 1 atom stereocenters. The van der Waals surface area contributed by atoms with Crippen LogP contribution >= 0.6 is 0 Å². The van der Waals surface area contributed by atoms with Gasteiger partial charge in [0.2, 0.25) is 6.79 Å². The van der Waals surface area contributed by atoms with Gasteiger partial charge >= 0.3 is 12.3 Å². The second-order valence-electron chi connectivity index (χ2n) is 4.96. The molecule has 1 aromatic carbocycles. The summed E-state index contributed by atoms with van der Waals surface area (Å²) in [5.41, 5.74) is 0.611. The maximum absolute atomic E-state index is 12.6. The van der Waals surface area contributed by atoms with Gasteiger partial charge in [0.15, 0.2) is 17.3 Å². The van der Waals surface area contributed by atoms with Gasteiger partial charge in [0.05, 0.1) is 0 Å². The Balaban J connectivity index is 2.01. The summed E-state index contributed by atoms with van der Waals surface area (Å²) in [6.45, 7) is 0.782. The zero-order valence-corrected chi connectivity index (χ0v) is 12.3. The topological polar surface area (TPSA) is 65.1 Å². The fraction of sp³-hybridized carbons (Fsp3) is 0.429. The Hall–Kier alpha value is -2.45. The van der Waals surface area contributed by atoms with E-state index in [2.05, 4.69) is 4.74 Å². The van der Waals surface area contributed by atoms with E-state index >= 15 is 0 Å². The van der Waals surface area contributed by atoms with E-state index in [0.717, 1.165) is 4.90 Å². The van der Waals surface area contributed by atoms with Gasteiger partial charge in [0.25, 0.3) is 6.10 Å². The Kier molecular flexibility index (Phi) is 4.67. The van der Waals surface area contributed by atoms with Crippen molar-refractivity contribution in [3.8, 4) is 11.5 Å². The minimum atomic E-state index is -4.94. The standard InChI is InChI=1S/C14H14F3NO5/c1-8(19)12(14(15,16)17)23-13(20)18(2)6-9-3-4-10-11(5-9)22-7-21-10/h3-5,12H,6-7H2,1-2H3. The lowest BCUT2D eigenvalue weighted by atomic mass is 10.2. The zero-order chi connectivity index (χ0) is 17.2. The van der Waals surface area contributed by atoms with Crippen LogP contribution in [-0.4, -0.2) is 42.9 Å². The van der Waals surface area contributed by atoms with Crippen LogP contribution in [0.5, 0.6) is 11.5 Å². The largest absolute Gasteiger partial charge is 0.454 e. The first-order valence-corrected chi connectivity index (χ1v) is 6.56. The van der Waals surface area contributed by atoms with Crippen molar-refractivity contribution in [1.29, 1.82) is 0 Å². The highest BCUT2D eigenvalue weighted by molar-refractivity contribution is 5.84. The number of carbonyl (C=O) groups is 2. The van der Waals surface area contributed by atoms with Gasteiger partial charge in [0.1, 0.15) is 0 Å². The molecule has 23 heavy (non-hydrogen) atoms. The van der Waals surface area contributed by atoms with Crippen LogP contribution in [0.2, 0.25) is 0 Å². The Morgan fingerprint density at radius 2 is 1.96 bits per heavy atom. The highest BCUT2D eigenvalue weighted by atomic mass is 19.4. The fourth-order valence-electron chi connectivity index (χ4n) is 1.95. The molecule has 1 aliphatic heterocycles. The maximum atomic E-state index is 12.6. The van der Waals surface area contributed by atoms with Crippen molar-refractivity contribution >= 4 is 11.9 Å². The summed E-state index contributed by atoms with van der Waals surface area (Å²) in [7, 11) is 1.26. The maximum Gasteiger partial charge on any atom is 0.432 e. The zero-order valence-electron chi connectivity index (χ0n) is 12.3. The van der Waals surface area contributed by atoms with Crippen molar-refractivity contribution in [2.75, 3.05) is 13.8 Å². The smallest absolute Gasteiger partial charge is 0.432 e. The normalized spacial score (nSPS) is 14.3. The molecule has 0 spiro atoms. The van der Waals surface area contributed by atoms with Gasteiger partial charge in [-0.1, -0.05) is 6.07 Å². The molecule has 1 heterocycles. The molecule has 0 saturated carbocycles. The van der Waals surface area contributed by atoms with Crippen LogP contribution in [0.1, 0.15) is 12.5 Å². The van der Waals surface area contributed by atoms with Crippen molar-refractivity contribution in [2.45, 2.75) is 25.7 Å². The van der Waals surface area contributed by atoms with Crippen molar-refractivity contribution in [2.24, 2.45) is 0 Å². The Morgan fingerprint density at radius 1 is 1.30 bits per heavy atom. The summed E-state index contributed by atoms with van der Waals surface area (Å²) >= 11 is 0. The van der Waals surface area contributed by atoms with E-state index in [4.69, 9.17) is 9.47 Å². The average molecular weight is 333 g/mol. The van der Waals surface area contributed by atoms with Gasteiger partial charge in [-0.25, -0.2) is 4.79 Å². The first-order chi connectivity index (χ1) is 10.7. The van der Waals surface area contributed by atoms with E-state index in [0.29, 0.717) is 24.0 Å². The van der Waals surface area contributed by atoms with Gasteiger partial charge in [-0.3, -0.25) is 4.79 Å². The molecule has 6 nitrogen and oxygen atoms in total. The summed E-state index contributed by atoms with van der Waals surface area (Å²) < 4.78 is 52.4. The molecule has 0 N–H and O–H groups in total. The molecule has 1 unspecified atom stereocenters. The van der Waals surface area contributed by atoms with Gasteiger partial charge in [-0.05, 0) is 24.6 Å². The predicted molar refractivity (Wildman–Crippen MR) is 71.0 cm³/mol. The average Bonchev–Trinajstić information content (AvgIpc) is 2.90. The van der Waals surface area contributed by atoms with Crippen LogP contribution in [0.4, 0.5) is 18.0 Å².